The number of hydrogen-bond acceptors (Lipinski definition) is 4. The fraction of sp³-hybridized carbons (Fsp3) is 0.529. The monoisotopic (exact) mass is 318 g/mol. The van der Waals surface area contributed by atoms with Gasteiger partial charge in [0.05, 0.1) is 0 Å². The zero-order chi connectivity index (χ0) is 16.1. The molecule has 0 spiro atoms. The van der Waals surface area contributed by atoms with Crippen LogP contribution in [0.1, 0.15) is 18.4 Å². The molecular weight excluding hydrogens is 296 g/mol. The first kappa shape index (κ1) is 15.8. The summed E-state index contributed by atoms with van der Waals surface area (Å²) in [7, 11) is 0. The van der Waals surface area contributed by atoms with Gasteiger partial charge in [0.25, 0.3) is 5.91 Å². The Morgan fingerprint density at radius 3 is 2.43 bits per heavy atom. The summed E-state index contributed by atoms with van der Waals surface area (Å²) in [5, 5.41) is 0. The van der Waals surface area contributed by atoms with Gasteiger partial charge in [0, 0.05) is 32.8 Å². The molecule has 6 nitrogen and oxygen atoms in total. The highest BCUT2D eigenvalue weighted by atomic mass is 16.6. The molecule has 0 aromatic heterocycles. The van der Waals surface area contributed by atoms with E-state index in [4.69, 9.17) is 9.47 Å². The van der Waals surface area contributed by atoms with Gasteiger partial charge >= 0.3 is 6.09 Å². The second kappa shape index (κ2) is 7.46. The molecule has 0 N–H and O–H groups in total. The van der Waals surface area contributed by atoms with Crippen LogP contribution < -0.4 is 0 Å². The maximum absolute atomic E-state index is 12.3. The van der Waals surface area contributed by atoms with Gasteiger partial charge in [-0.25, -0.2) is 4.79 Å². The van der Waals surface area contributed by atoms with Crippen molar-refractivity contribution in [1.29, 1.82) is 0 Å². The lowest BCUT2D eigenvalue weighted by atomic mass is 10.2. The normalized spacial score (nSPS) is 21.3. The van der Waals surface area contributed by atoms with Crippen molar-refractivity contribution in [3.05, 3.63) is 35.9 Å². The maximum atomic E-state index is 12.3. The number of rotatable bonds is 3. The van der Waals surface area contributed by atoms with Crippen molar-refractivity contribution in [3.63, 3.8) is 0 Å². The van der Waals surface area contributed by atoms with Crippen LogP contribution in [0.25, 0.3) is 0 Å². The Morgan fingerprint density at radius 1 is 1.09 bits per heavy atom. The van der Waals surface area contributed by atoms with Crippen molar-refractivity contribution in [1.82, 2.24) is 9.80 Å². The molecule has 3 rings (SSSR count). The lowest BCUT2D eigenvalue weighted by molar-refractivity contribution is -0.142. The van der Waals surface area contributed by atoms with Crippen LogP contribution in [-0.4, -0.2) is 60.7 Å². The number of ether oxygens (including phenoxy) is 2. The summed E-state index contributed by atoms with van der Waals surface area (Å²) in [6.07, 6.45) is 1.14. The summed E-state index contributed by atoms with van der Waals surface area (Å²) >= 11 is 0. The summed E-state index contributed by atoms with van der Waals surface area (Å²) < 4.78 is 10.8. The van der Waals surface area contributed by atoms with Crippen LogP contribution in [0.2, 0.25) is 0 Å². The molecule has 0 bridgehead atoms. The summed E-state index contributed by atoms with van der Waals surface area (Å²) in [4.78, 5) is 27.8. The van der Waals surface area contributed by atoms with E-state index in [2.05, 4.69) is 0 Å². The molecule has 2 saturated heterocycles. The van der Waals surface area contributed by atoms with Crippen molar-refractivity contribution in [2.24, 2.45) is 0 Å². The summed E-state index contributed by atoms with van der Waals surface area (Å²) in [5.41, 5.74) is 0.966. The highest BCUT2D eigenvalue weighted by Crippen LogP contribution is 2.16. The van der Waals surface area contributed by atoms with E-state index < -0.39 is 0 Å². The van der Waals surface area contributed by atoms with Crippen LogP contribution in [0.4, 0.5) is 4.79 Å². The molecule has 0 saturated carbocycles. The van der Waals surface area contributed by atoms with E-state index in [0.29, 0.717) is 32.8 Å². The zero-order valence-electron chi connectivity index (χ0n) is 13.1. The van der Waals surface area contributed by atoms with E-state index in [1.807, 2.05) is 30.3 Å². The molecule has 23 heavy (non-hydrogen) atoms. The SMILES string of the molecule is O=C(OCc1ccccc1)N1CCN(C(=O)C2CCCO2)CC1. The quantitative estimate of drug-likeness (QED) is 0.850. The number of nitrogens with zero attached hydrogens (tertiary/aromatic N) is 2. The van der Waals surface area contributed by atoms with Crippen LogP contribution in [0.15, 0.2) is 30.3 Å². The number of amides is 2. The van der Waals surface area contributed by atoms with E-state index >= 15 is 0 Å². The molecule has 6 heteroatoms. The van der Waals surface area contributed by atoms with Crippen molar-refractivity contribution in [2.75, 3.05) is 32.8 Å². The highest BCUT2D eigenvalue weighted by molar-refractivity contribution is 5.81. The molecule has 124 valence electrons. The molecule has 2 aliphatic heterocycles. The van der Waals surface area contributed by atoms with Gasteiger partial charge < -0.3 is 19.3 Å². The Hall–Kier alpha value is -2.08. The van der Waals surface area contributed by atoms with E-state index in [1.165, 1.54) is 0 Å². The first-order chi connectivity index (χ1) is 11.2. The number of benzene rings is 1. The molecule has 2 aliphatic rings. The standard InChI is InChI=1S/C17H22N2O4/c20-16(15-7-4-12-22-15)18-8-10-19(11-9-18)17(21)23-13-14-5-2-1-3-6-14/h1-3,5-6,15H,4,7-13H2. The Bertz CT molecular complexity index is 535. The molecule has 1 unspecified atom stereocenters. The third-order valence-corrected chi connectivity index (χ3v) is 4.26. The fourth-order valence-electron chi connectivity index (χ4n) is 2.90. The first-order valence-corrected chi connectivity index (χ1v) is 8.10. The Labute approximate surface area is 136 Å². The molecule has 1 aromatic rings. The minimum atomic E-state index is -0.321. The molecule has 0 aliphatic carbocycles. The second-order valence-corrected chi connectivity index (χ2v) is 5.85. The number of piperazine rings is 1. The Balaban J connectivity index is 1.43. The minimum Gasteiger partial charge on any atom is -0.445 e. The van der Waals surface area contributed by atoms with Gasteiger partial charge in [0.15, 0.2) is 0 Å². The molecule has 1 atom stereocenters. The smallest absolute Gasteiger partial charge is 0.410 e. The van der Waals surface area contributed by atoms with E-state index in [1.54, 1.807) is 9.80 Å². The molecule has 1 aromatic carbocycles. The van der Waals surface area contributed by atoms with Gasteiger partial charge in [-0.3, -0.25) is 4.79 Å². The zero-order valence-corrected chi connectivity index (χ0v) is 13.1. The summed E-state index contributed by atoms with van der Waals surface area (Å²) in [6, 6.07) is 9.60. The molecule has 0 radical (unpaired) electrons. The van der Waals surface area contributed by atoms with Gasteiger partial charge in [0.1, 0.15) is 12.7 Å². The predicted octanol–water partition coefficient (Wildman–Crippen LogP) is 1.65. The van der Waals surface area contributed by atoms with Gasteiger partial charge in [-0.2, -0.15) is 0 Å². The first-order valence-electron chi connectivity index (χ1n) is 8.10. The molecule has 2 heterocycles. The average Bonchev–Trinajstić information content (AvgIpc) is 3.15. The van der Waals surface area contributed by atoms with E-state index in [0.717, 1.165) is 18.4 Å². The Kier molecular flexibility index (Phi) is 5.12. The van der Waals surface area contributed by atoms with E-state index in [-0.39, 0.29) is 24.7 Å². The third-order valence-electron chi connectivity index (χ3n) is 4.26. The highest BCUT2D eigenvalue weighted by Gasteiger charge is 2.31. The average molecular weight is 318 g/mol. The van der Waals surface area contributed by atoms with Crippen molar-refractivity contribution in [2.45, 2.75) is 25.6 Å². The lowest BCUT2D eigenvalue weighted by Crippen LogP contribution is -2.52. The second-order valence-electron chi connectivity index (χ2n) is 5.85. The van der Waals surface area contributed by atoms with Crippen molar-refractivity contribution < 1.29 is 19.1 Å². The fourth-order valence-corrected chi connectivity index (χ4v) is 2.90. The van der Waals surface area contributed by atoms with Gasteiger partial charge in [0.2, 0.25) is 0 Å². The van der Waals surface area contributed by atoms with Gasteiger partial charge in [-0.1, -0.05) is 30.3 Å². The van der Waals surface area contributed by atoms with Crippen LogP contribution in [0.5, 0.6) is 0 Å². The number of hydrogen-bond donors (Lipinski definition) is 0. The molecule has 2 fully saturated rings. The predicted molar refractivity (Wildman–Crippen MR) is 83.8 cm³/mol. The maximum Gasteiger partial charge on any atom is 0.410 e. The van der Waals surface area contributed by atoms with Crippen LogP contribution in [0.3, 0.4) is 0 Å². The van der Waals surface area contributed by atoms with Gasteiger partial charge in [-0.05, 0) is 18.4 Å². The van der Waals surface area contributed by atoms with Crippen LogP contribution in [0, 0.1) is 0 Å². The van der Waals surface area contributed by atoms with Crippen LogP contribution in [-0.2, 0) is 20.9 Å². The van der Waals surface area contributed by atoms with E-state index in [9.17, 15) is 9.59 Å². The molecular formula is C17H22N2O4. The van der Waals surface area contributed by atoms with Crippen molar-refractivity contribution >= 4 is 12.0 Å². The largest absolute Gasteiger partial charge is 0.445 e. The topological polar surface area (TPSA) is 59.1 Å². The minimum absolute atomic E-state index is 0.0554. The number of carbonyl (C=O) groups excluding carboxylic acids is 2. The Morgan fingerprint density at radius 2 is 1.78 bits per heavy atom. The van der Waals surface area contributed by atoms with Gasteiger partial charge in [-0.15, -0.1) is 0 Å². The number of carbonyl (C=O) groups is 2. The van der Waals surface area contributed by atoms with Crippen LogP contribution >= 0.6 is 0 Å². The third kappa shape index (κ3) is 4.01. The lowest BCUT2D eigenvalue weighted by Gasteiger charge is -2.35. The van der Waals surface area contributed by atoms with Crippen molar-refractivity contribution in [3.8, 4) is 0 Å². The summed E-state index contributed by atoms with van der Waals surface area (Å²) in [5.74, 6) is 0.0554. The summed E-state index contributed by atoms with van der Waals surface area (Å²) in [6.45, 7) is 3.04. The molecule has 2 amide bonds.